The predicted octanol–water partition coefficient (Wildman–Crippen LogP) is 3.40. The average Bonchev–Trinajstić information content (AvgIpc) is 3.24. The largest absolute Gasteiger partial charge is 0.370 e. The van der Waals surface area contributed by atoms with E-state index in [0.717, 1.165) is 38.5 Å². The molecule has 0 saturated carbocycles. The fourth-order valence-electron chi connectivity index (χ4n) is 4.23. The summed E-state index contributed by atoms with van der Waals surface area (Å²) in [6.07, 6.45) is 6.17. The number of carbonyl (C=O) groups is 2. The lowest BCUT2D eigenvalue weighted by molar-refractivity contribution is -0.129. The van der Waals surface area contributed by atoms with E-state index in [2.05, 4.69) is 31.4 Å². The van der Waals surface area contributed by atoms with Crippen LogP contribution in [0.25, 0.3) is 0 Å². The predicted molar refractivity (Wildman–Crippen MR) is 109 cm³/mol. The fourth-order valence-corrected chi connectivity index (χ4v) is 4.23. The molecule has 5 nitrogen and oxygen atoms in total. The van der Waals surface area contributed by atoms with E-state index in [4.69, 9.17) is 4.74 Å². The summed E-state index contributed by atoms with van der Waals surface area (Å²) in [5.41, 5.74) is -1.17. The van der Waals surface area contributed by atoms with Crippen molar-refractivity contribution in [2.45, 2.75) is 116 Å². The van der Waals surface area contributed by atoms with Crippen molar-refractivity contribution < 1.29 is 14.3 Å². The van der Waals surface area contributed by atoms with Crippen LogP contribution in [0.5, 0.6) is 0 Å². The zero-order chi connectivity index (χ0) is 20.5. The Labute approximate surface area is 165 Å². The van der Waals surface area contributed by atoms with E-state index in [9.17, 15) is 9.59 Å². The zero-order valence-electron chi connectivity index (χ0n) is 18.4. The maximum absolute atomic E-state index is 13.2. The van der Waals surface area contributed by atoms with Gasteiger partial charge in [-0.25, -0.2) is 0 Å². The van der Waals surface area contributed by atoms with E-state index in [0.29, 0.717) is 12.2 Å². The third-order valence-corrected chi connectivity index (χ3v) is 5.67. The van der Waals surface area contributed by atoms with Gasteiger partial charge in [0, 0.05) is 11.0 Å². The number of nitrogens with one attached hydrogen (secondary N) is 2. The number of Topliss-reactive ketones (excluding diaryl/α,β-unsaturated/α-hetero) is 2. The number of rotatable bonds is 2. The smallest absolute Gasteiger partial charge is 0.166 e. The van der Waals surface area contributed by atoms with Gasteiger partial charge < -0.3 is 15.4 Å². The van der Waals surface area contributed by atoms with Gasteiger partial charge in [-0.15, -0.1) is 0 Å². The summed E-state index contributed by atoms with van der Waals surface area (Å²) in [6, 6.07) is -0.272. The Morgan fingerprint density at radius 2 is 1.67 bits per heavy atom. The second kappa shape index (κ2) is 8.30. The maximum atomic E-state index is 13.2. The molecule has 2 aliphatic rings. The highest BCUT2D eigenvalue weighted by Gasteiger charge is 2.41. The Balaban J connectivity index is 2.16. The number of ether oxygens (including phenoxy) is 1. The molecule has 0 bridgehead atoms. The van der Waals surface area contributed by atoms with Gasteiger partial charge in [-0.3, -0.25) is 9.59 Å². The van der Waals surface area contributed by atoms with Gasteiger partial charge in [0.15, 0.2) is 11.6 Å². The van der Waals surface area contributed by atoms with E-state index >= 15 is 0 Å². The van der Waals surface area contributed by atoms with Crippen LogP contribution in [-0.2, 0) is 14.3 Å². The molecular weight excluding hydrogens is 340 g/mol. The van der Waals surface area contributed by atoms with Crippen molar-refractivity contribution >= 4 is 11.6 Å². The third kappa shape index (κ3) is 6.65. The summed E-state index contributed by atoms with van der Waals surface area (Å²) in [5.74, 6) is 0.320. The SMILES string of the molecule is CC(C)(C)NC1(C)CCCC2OC2CCCC(C(=O)C(C)(C)C)NCC1=O. The zero-order valence-corrected chi connectivity index (χ0v) is 18.4. The number of hydrogen-bond donors (Lipinski definition) is 2. The van der Waals surface area contributed by atoms with Crippen molar-refractivity contribution in [1.29, 1.82) is 0 Å². The molecule has 2 heterocycles. The summed E-state index contributed by atoms with van der Waals surface area (Å²) in [5, 5.41) is 6.84. The van der Waals surface area contributed by atoms with Gasteiger partial charge in [0.1, 0.15) is 0 Å². The topological polar surface area (TPSA) is 70.7 Å². The highest BCUT2D eigenvalue weighted by atomic mass is 16.6. The number of ketones is 2. The average molecular weight is 381 g/mol. The lowest BCUT2D eigenvalue weighted by atomic mass is 9.84. The molecule has 2 aliphatic heterocycles. The summed E-state index contributed by atoms with van der Waals surface area (Å²) in [6.45, 7) is 14.4. The third-order valence-electron chi connectivity index (χ3n) is 5.67. The normalized spacial score (nSPS) is 34.0. The lowest BCUT2D eigenvalue weighted by Gasteiger charge is -2.37. The molecule has 4 unspecified atom stereocenters. The first-order valence-electron chi connectivity index (χ1n) is 10.6. The van der Waals surface area contributed by atoms with Crippen LogP contribution < -0.4 is 10.6 Å². The van der Waals surface area contributed by atoms with Crippen LogP contribution in [0.1, 0.15) is 87.0 Å². The number of hydrogen-bond acceptors (Lipinski definition) is 5. The van der Waals surface area contributed by atoms with Gasteiger partial charge >= 0.3 is 0 Å². The van der Waals surface area contributed by atoms with Gasteiger partial charge in [0.2, 0.25) is 0 Å². The summed E-state index contributed by atoms with van der Waals surface area (Å²) in [7, 11) is 0. The van der Waals surface area contributed by atoms with Crippen LogP contribution >= 0.6 is 0 Å². The summed E-state index contributed by atoms with van der Waals surface area (Å²) >= 11 is 0. The van der Waals surface area contributed by atoms with Crippen LogP contribution in [0.3, 0.4) is 0 Å². The van der Waals surface area contributed by atoms with E-state index in [-0.39, 0.29) is 29.7 Å². The second-order valence-corrected chi connectivity index (χ2v) is 10.7. The monoisotopic (exact) mass is 380 g/mol. The molecule has 2 saturated heterocycles. The minimum absolute atomic E-state index is 0.136. The first-order chi connectivity index (χ1) is 12.3. The molecule has 0 aromatic heterocycles. The quantitative estimate of drug-likeness (QED) is 0.719. The Hall–Kier alpha value is -0.780. The molecule has 5 heteroatoms. The van der Waals surface area contributed by atoms with Crippen LogP contribution in [0.2, 0.25) is 0 Å². The maximum Gasteiger partial charge on any atom is 0.166 e. The molecule has 0 aromatic rings. The van der Waals surface area contributed by atoms with Gasteiger partial charge in [-0.1, -0.05) is 20.8 Å². The summed E-state index contributed by atoms with van der Waals surface area (Å²) in [4.78, 5) is 26.0. The Morgan fingerprint density at radius 1 is 1.07 bits per heavy atom. The molecule has 156 valence electrons. The molecule has 0 aromatic carbocycles. The van der Waals surface area contributed by atoms with E-state index in [1.807, 2.05) is 27.7 Å². The number of fused-ring (bicyclic) bond motifs is 1. The molecule has 2 N–H and O–H groups in total. The minimum Gasteiger partial charge on any atom is -0.370 e. The van der Waals surface area contributed by atoms with E-state index in [1.54, 1.807) is 0 Å². The Kier molecular flexibility index (Phi) is 6.92. The van der Waals surface area contributed by atoms with Crippen molar-refractivity contribution in [3.8, 4) is 0 Å². The number of carbonyl (C=O) groups excluding carboxylic acids is 2. The van der Waals surface area contributed by atoms with E-state index in [1.165, 1.54) is 0 Å². The van der Waals surface area contributed by atoms with Gasteiger partial charge in [-0.2, -0.15) is 0 Å². The first kappa shape index (κ1) is 22.5. The van der Waals surface area contributed by atoms with Crippen LogP contribution in [0, 0.1) is 5.41 Å². The molecule has 2 rings (SSSR count). The second-order valence-electron chi connectivity index (χ2n) is 10.7. The molecular formula is C22H40N2O3. The molecule has 4 atom stereocenters. The fraction of sp³-hybridized carbons (Fsp3) is 0.909. The molecule has 0 spiro atoms. The van der Waals surface area contributed by atoms with E-state index < -0.39 is 11.0 Å². The van der Waals surface area contributed by atoms with Crippen LogP contribution in [0.4, 0.5) is 0 Å². The van der Waals surface area contributed by atoms with Crippen molar-refractivity contribution in [3.05, 3.63) is 0 Å². The highest BCUT2D eigenvalue weighted by molar-refractivity contribution is 5.92. The van der Waals surface area contributed by atoms with Crippen molar-refractivity contribution in [1.82, 2.24) is 10.6 Å². The van der Waals surface area contributed by atoms with Gasteiger partial charge in [-0.05, 0) is 66.2 Å². The lowest BCUT2D eigenvalue weighted by Crippen LogP contribution is -2.59. The molecule has 0 amide bonds. The number of epoxide rings is 1. The molecule has 27 heavy (non-hydrogen) atoms. The van der Waals surface area contributed by atoms with Crippen molar-refractivity contribution in [2.75, 3.05) is 6.54 Å². The standard InChI is InChI=1S/C22H40N2O3/c1-20(2,3)19(26)15-10-8-11-16-17(27-16)12-9-13-22(7,18(25)14-23-15)24-21(4,5)6/h15-17,23-24H,8-14H2,1-7H3. The van der Waals surface area contributed by atoms with Gasteiger partial charge in [0.25, 0.3) is 0 Å². The van der Waals surface area contributed by atoms with Crippen LogP contribution in [-0.4, -0.2) is 47.4 Å². The molecule has 0 aliphatic carbocycles. The highest BCUT2D eigenvalue weighted by Crippen LogP contribution is 2.33. The first-order valence-corrected chi connectivity index (χ1v) is 10.6. The Bertz CT molecular complexity index is 547. The van der Waals surface area contributed by atoms with Crippen molar-refractivity contribution in [2.24, 2.45) is 5.41 Å². The summed E-state index contributed by atoms with van der Waals surface area (Å²) < 4.78 is 5.81. The Morgan fingerprint density at radius 3 is 2.22 bits per heavy atom. The van der Waals surface area contributed by atoms with Crippen LogP contribution in [0.15, 0.2) is 0 Å². The molecule has 0 radical (unpaired) electrons. The minimum atomic E-state index is -0.598. The van der Waals surface area contributed by atoms with Crippen molar-refractivity contribution in [3.63, 3.8) is 0 Å². The molecule has 2 fully saturated rings. The van der Waals surface area contributed by atoms with Gasteiger partial charge in [0.05, 0.1) is 30.3 Å².